The van der Waals surface area contributed by atoms with Crippen LogP contribution in [0.2, 0.25) is 0 Å². The van der Waals surface area contributed by atoms with Crippen molar-refractivity contribution in [3.05, 3.63) is 11.6 Å². The van der Waals surface area contributed by atoms with Crippen LogP contribution < -0.4 is 0 Å². The van der Waals surface area contributed by atoms with Crippen LogP contribution in [0.3, 0.4) is 0 Å². The highest BCUT2D eigenvalue weighted by atomic mass is 16.3. The molecule has 3 unspecified atom stereocenters. The van der Waals surface area contributed by atoms with Gasteiger partial charge in [0.25, 0.3) is 0 Å². The zero-order chi connectivity index (χ0) is 23.4. The van der Waals surface area contributed by atoms with E-state index in [0.717, 1.165) is 37.0 Å². The molecule has 4 aliphatic carbocycles. The third-order valence-corrected chi connectivity index (χ3v) is 11.6. The Morgan fingerprint density at radius 2 is 1.62 bits per heavy atom. The molecule has 3 saturated carbocycles. The Kier molecular flexibility index (Phi) is 6.99. The maximum absolute atomic E-state index is 11.4. The van der Waals surface area contributed by atoms with Crippen molar-refractivity contribution < 1.29 is 10.2 Å². The molecule has 3 fully saturated rings. The van der Waals surface area contributed by atoms with Crippen molar-refractivity contribution in [3.63, 3.8) is 0 Å². The molecule has 0 aromatic rings. The van der Waals surface area contributed by atoms with E-state index in [4.69, 9.17) is 0 Å². The largest absolute Gasteiger partial charge is 0.393 e. The van der Waals surface area contributed by atoms with Crippen LogP contribution >= 0.6 is 0 Å². The number of hydrogen-bond acceptors (Lipinski definition) is 2. The quantitative estimate of drug-likeness (QED) is 0.424. The van der Waals surface area contributed by atoms with Crippen LogP contribution in [0, 0.1) is 58.2 Å². The van der Waals surface area contributed by atoms with Crippen LogP contribution in [0.15, 0.2) is 11.6 Å². The van der Waals surface area contributed by atoms with E-state index in [1.54, 1.807) is 5.57 Å². The Bertz CT molecular complexity index is 687. The van der Waals surface area contributed by atoms with Gasteiger partial charge < -0.3 is 10.2 Å². The average molecular weight is 445 g/mol. The molecule has 4 aliphatic rings. The SMILES string of the molecule is CC(C)C(C[C@@H](O)[C@@H](C)[C@H]1CCC2C3CC=C4C[C@@H](O)CC[C@]4(C)C3CC[C@@]21C)C(C)C. The summed E-state index contributed by atoms with van der Waals surface area (Å²) in [4.78, 5) is 0. The monoisotopic (exact) mass is 444 g/mol. The Morgan fingerprint density at radius 3 is 2.28 bits per heavy atom. The predicted octanol–water partition coefficient (Wildman–Crippen LogP) is 7.24. The molecule has 2 heteroatoms. The molecule has 0 aromatic carbocycles. The van der Waals surface area contributed by atoms with Crippen molar-refractivity contribution in [1.82, 2.24) is 0 Å². The van der Waals surface area contributed by atoms with E-state index in [-0.39, 0.29) is 12.2 Å². The molecule has 4 rings (SSSR count). The molecule has 0 spiro atoms. The highest BCUT2D eigenvalue weighted by molar-refractivity contribution is 5.25. The summed E-state index contributed by atoms with van der Waals surface area (Å²) < 4.78 is 0. The second-order valence-corrected chi connectivity index (χ2v) is 13.7. The van der Waals surface area contributed by atoms with Crippen LogP contribution in [-0.4, -0.2) is 22.4 Å². The number of allylic oxidation sites excluding steroid dienone is 1. The minimum atomic E-state index is -0.168. The molecule has 0 aromatic heterocycles. The molecular weight excluding hydrogens is 392 g/mol. The lowest BCUT2D eigenvalue weighted by Crippen LogP contribution is -2.51. The van der Waals surface area contributed by atoms with Crippen molar-refractivity contribution in [3.8, 4) is 0 Å². The molecule has 9 atom stereocenters. The van der Waals surface area contributed by atoms with Crippen molar-refractivity contribution in [2.45, 2.75) is 118 Å². The zero-order valence-corrected chi connectivity index (χ0v) is 22.1. The van der Waals surface area contributed by atoms with Crippen LogP contribution in [0.5, 0.6) is 0 Å². The number of hydrogen-bond donors (Lipinski definition) is 2. The first-order valence-electron chi connectivity index (χ1n) is 14.0. The first-order chi connectivity index (χ1) is 15.0. The topological polar surface area (TPSA) is 40.5 Å². The molecule has 184 valence electrons. The van der Waals surface area contributed by atoms with Gasteiger partial charge in [0, 0.05) is 0 Å². The molecule has 2 N–H and O–H groups in total. The minimum absolute atomic E-state index is 0.113. The van der Waals surface area contributed by atoms with Gasteiger partial charge in [0.15, 0.2) is 0 Å². The Hall–Kier alpha value is -0.340. The summed E-state index contributed by atoms with van der Waals surface area (Å²) in [5, 5.41) is 21.6. The fraction of sp³-hybridized carbons (Fsp3) is 0.933. The number of rotatable bonds is 6. The van der Waals surface area contributed by atoms with Gasteiger partial charge in [-0.2, -0.15) is 0 Å². The van der Waals surface area contributed by atoms with E-state index in [9.17, 15) is 10.2 Å². The molecule has 0 bridgehead atoms. The van der Waals surface area contributed by atoms with E-state index < -0.39 is 0 Å². The number of fused-ring (bicyclic) bond motifs is 5. The van der Waals surface area contributed by atoms with Crippen LogP contribution in [0.1, 0.15) is 106 Å². The van der Waals surface area contributed by atoms with Gasteiger partial charge in [0.2, 0.25) is 0 Å². The third kappa shape index (κ3) is 4.04. The Morgan fingerprint density at radius 1 is 0.938 bits per heavy atom. The summed E-state index contributed by atoms with van der Waals surface area (Å²) in [6.45, 7) is 16.8. The smallest absolute Gasteiger partial charge is 0.0577 e. The van der Waals surface area contributed by atoms with Gasteiger partial charge in [0.1, 0.15) is 0 Å². The summed E-state index contributed by atoms with van der Waals surface area (Å²) in [6, 6.07) is 0. The normalized spacial score (nSPS) is 43.6. The lowest BCUT2D eigenvalue weighted by Gasteiger charge is -2.58. The summed E-state index contributed by atoms with van der Waals surface area (Å²) in [7, 11) is 0. The van der Waals surface area contributed by atoms with E-state index in [1.807, 2.05) is 0 Å². The molecule has 0 radical (unpaired) electrons. The molecule has 0 saturated heterocycles. The van der Waals surface area contributed by atoms with E-state index in [1.165, 1.54) is 38.5 Å². The lowest BCUT2D eigenvalue weighted by atomic mass is 9.47. The average Bonchev–Trinajstić information content (AvgIpc) is 3.08. The van der Waals surface area contributed by atoms with E-state index in [2.05, 4.69) is 54.5 Å². The van der Waals surface area contributed by atoms with E-state index in [0.29, 0.717) is 40.4 Å². The highest BCUT2D eigenvalue weighted by Gasteiger charge is 2.59. The van der Waals surface area contributed by atoms with Gasteiger partial charge in [-0.05, 0) is 116 Å². The first-order valence-corrected chi connectivity index (χ1v) is 14.0. The standard InChI is InChI=1S/C30H52O2/c1-18(2)24(19(3)4)17-28(32)20(5)25-10-11-26-23-9-8-21-16-22(31)12-14-29(21,6)27(23)13-15-30(25,26)7/h8,18-20,22-28,31-32H,9-17H2,1-7H3/t20-,22-,23?,25+,26?,27?,28+,29-,30+/m0/s1. The molecule has 0 amide bonds. The molecule has 2 nitrogen and oxygen atoms in total. The molecule has 32 heavy (non-hydrogen) atoms. The fourth-order valence-corrected chi connectivity index (χ4v) is 9.62. The summed E-state index contributed by atoms with van der Waals surface area (Å²) in [5.74, 6) is 5.37. The highest BCUT2D eigenvalue weighted by Crippen LogP contribution is 2.67. The van der Waals surface area contributed by atoms with Gasteiger partial charge in [0.05, 0.1) is 12.2 Å². The lowest BCUT2D eigenvalue weighted by molar-refractivity contribution is -0.0702. The molecule has 0 heterocycles. The summed E-state index contributed by atoms with van der Waals surface area (Å²) in [5.41, 5.74) is 2.30. The number of aliphatic hydroxyl groups excluding tert-OH is 2. The van der Waals surface area contributed by atoms with Crippen LogP contribution in [0.25, 0.3) is 0 Å². The first kappa shape index (κ1) is 24.8. The van der Waals surface area contributed by atoms with Crippen molar-refractivity contribution in [2.24, 2.45) is 58.2 Å². The van der Waals surface area contributed by atoms with Crippen molar-refractivity contribution in [2.75, 3.05) is 0 Å². The minimum Gasteiger partial charge on any atom is -0.393 e. The molecular formula is C30H52O2. The second kappa shape index (κ2) is 9.03. The number of aliphatic hydroxyl groups is 2. The summed E-state index contributed by atoms with van der Waals surface area (Å²) >= 11 is 0. The van der Waals surface area contributed by atoms with E-state index >= 15 is 0 Å². The predicted molar refractivity (Wildman–Crippen MR) is 134 cm³/mol. The fourth-order valence-electron chi connectivity index (χ4n) is 9.62. The van der Waals surface area contributed by atoms with Gasteiger partial charge in [-0.1, -0.05) is 60.1 Å². The maximum Gasteiger partial charge on any atom is 0.0577 e. The maximum atomic E-state index is 11.4. The van der Waals surface area contributed by atoms with Gasteiger partial charge in [-0.25, -0.2) is 0 Å². The molecule has 0 aliphatic heterocycles. The summed E-state index contributed by atoms with van der Waals surface area (Å²) in [6.07, 6.45) is 12.9. The van der Waals surface area contributed by atoms with Gasteiger partial charge >= 0.3 is 0 Å². The van der Waals surface area contributed by atoms with Crippen LogP contribution in [0.4, 0.5) is 0 Å². The van der Waals surface area contributed by atoms with Gasteiger partial charge in [-0.15, -0.1) is 0 Å². The van der Waals surface area contributed by atoms with Crippen molar-refractivity contribution in [1.29, 1.82) is 0 Å². The van der Waals surface area contributed by atoms with Crippen molar-refractivity contribution >= 4 is 0 Å². The zero-order valence-electron chi connectivity index (χ0n) is 22.1. The van der Waals surface area contributed by atoms with Crippen LogP contribution in [-0.2, 0) is 0 Å². The Labute approximate surface area is 198 Å². The third-order valence-electron chi connectivity index (χ3n) is 11.6. The van der Waals surface area contributed by atoms with Gasteiger partial charge in [-0.3, -0.25) is 0 Å². The Balaban J connectivity index is 1.50. The second-order valence-electron chi connectivity index (χ2n) is 13.7.